The van der Waals surface area contributed by atoms with Crippen molar-refractivity contribution in [2.24, 2.45) is 0 Å². The van der Waals surface area contributed by atoms with E-state index in [1.807, 2.05) is 29.2 Å². The van der Waals surface area contributed by atoms with E-state index in [0.717, 1.165) is 31.0 Å². The number of nitrogens with zero attached hydrogens (tertiary/aromatic N) is 2. The van der Waals surface area contributed by atoms with Crippen LogP contribution >= 0.6 is 0 Å². The third kappa shape index (κ3) is 2.28. The second kappa shape index (κ2) is 5.33. The van der Waals surface area contributed by atoms with Crippen molar-refractivity contribution in [1.29, 1.82) is 0 Å². The van der Waals surface area contributed by atoms with Gasteiger partial charge in [0.15, 0.2) is 11.5 Å². The summed E-state index contributed by atoms with van der Waals surface area (Å²) in [5.74, 6) is 1.93. The van der Waals surface area contributed by atoms with Crippen LogP contribution in [0.2, 0.25) is 0 Å². The first kappa shape index (κ1) is 13.1. The van der Waals surface area contributed by atoms with E-state index < -0.39 is 0 Å². The van der Waals surface area contributed by atoms with Gasteiger partial charge >= 0.3 is 0 Å². The summed E-state index contributed by atoms with van der Waals surface area (Å²) in [5, 5.41) is 0. The zero-order valence-electron chi connectivity index (χ0n) is 12.1. The van der Waals surface area contributed by atoms with E-state index in [2.05, 4.69) is 11.1 Å². The van der Waals surface area contributed by atoms with E-state index in [1.165, 1.54) is 5.56 Å². The van der Waals surface area contributed by atoms with Gasteiger partial charge in [-0.05, 0) is 36.2 Å². The predicted molar refractivity (Wildman–Crippen MR) is 80.1 cm³/mol. The number of ether oxygens (including phenoxy) is 2. The van der Waals surface area contributed by atoms with Crippen molar-refractivity contribution in [3.8, 4) is 11.5 Å². The Balaban J connectivity index is 1.49. The maximum atomic E-state index is 12.4. The Hall–Kier alpha value is -2.56. The zero-order chi connectivity index (χ0) is 14.9. The van der Waals surface area contributed by atoms with E-state index in [1.54, 1.807) is 12.3 Å². The van der Waals surface area contributed by atoms with Crippen molar-refractivity contribution in [3.63, 3.8) is 0 Å². The summed E-state index contributed by atoms with van der Waals surface area (Å²) in [6.45, 7) is 1.76. The molecule has 4 rings (SSSR count). The van der Waals surface area contributed by atoms with E-state index in [0.29, 0.717) is 11.6 Å². The minimum absolute atomic E-state index is 0.00356. The predicted octanol–water partition coefficient (Wildman–Crippen LogP) is 2.44. The third-order valence-electron chi connectivity index (χ3n) is 4.23. The molecule has 1 aromatic carbocycles. The standard InChI is InChI=1S/C17H16N2O3/c20-17(14-3-1-2-7-18-14)19-8-6-13(10-19)12-4-5-15-16(9-12)22-11-21-15/h1-5,7,9,13H,6,8,10-11H2. The van der Waals surface area contributed by atoms with Gasteiger partial charge in [0, 0.05) is 25.2 Å². The number of carbonyl (C=O) groups excluding carboxylic acids is 1. The van der Waals surface area contributed by atoms with Gasteiger partial charge in [0.25, 0.3) is 5.91 Å². The second-order valence-corrected chi connectivity index (χ2v) is 5.56. The van der Waals surface area contributed by atoms with Gasteiger partial charge < -0.3 is 14.4 Å². The fourth-order valence-corrected chi connectivity index (χ4v) is 3.04. The summed E-state index contributed by atoms with van der Waals surface area (Å²) >= 11 is 0. The highest BCUT2D eigenvalue weighted by molar-refractivity contribution is 5.92. The smallest absolute Gasteiger partial charge is 0.272 e. The van der Waals surface area contributed by atoms with Crippen LogP contribution in [0.15, 0.2) is 42.6 Å². The largest absolute Gasteiger partial charge is 0.454 e. The summed E-state index contributed by atoms with van der Waals surface area (Å²) < 4.78 is 10.8. The van der Waals surface area contributed by atoms with Crippen molar-refractivity contribution >= 4 is 5.91 Å². The molecule has 2 aliphatic rings. The molecule has 1 amide bonds. The average molecular weight is 296 g/mol. The van der Waals surface area contributed by atoms with Crippen LogP contribution in [0.25, 0.3) is 0 Å². The van der Waals surface area contributed by atoms with Gasteiger partial charge in [-0.1, -0.05) is 12.1 Å². The Bertz CT molecular complexity index is 702. The molecule has 5 heteroatoms. The first-order valence-corrected chi connectivity index (χ1v) is 7.41. The fourth-order valence-electron chi connectivity index (χ4n) is 3.04. The van der Waals surface area contributed by atoms with Crippen LogP contribution < -0.4 is 9.47 Å². The quantitative estimate of drug-likeness (QED) is 0.854. The molecule has 0 N–H and O–H groups in total. The van der Waals surface area contributed by atoms with Crippen LogP contribution in [0.3, 0.4) is 0 Å². The molecule has 1 fully saturated rings. The lowest BCUT2D eigenvalue weighted by molar-refractivity contribution is 0.0785. The summed E-state index contributed by atoms with van der Waals surface area (Å²) in [6.07, 6.45) is 2.61. The number of likely N-dealkylation sites (tertiary alicyclic amines) is 1. The minimum atomic E-state index is 0.00356. The number of aromatic nitrogens is 1. The molecule has 0 saturated carbocycles. The van der Waals surface area contributed by atoms with Crippen LogP contribution in [0.4, 0.5) is 0 Å². The first-order chi connectivity index (χ1) is 10.8. The van der Waals surface area contributed by atoms with Gasteiger partial charge in [-0.15, -0.1) is 0 Å². The normalized spacial score (nSPS) is 19.5. The van der Waals surface area contributed by atoms with Gasteiger partial charge in [-0.3, -0.25) is 9.78 Å². The number of hydrogen-bond acceptors (Lipinski definition) is 4. The lowest BCUT2D eigenvalue weighted by Gasteiger charge is -2.16. The molecule has 22 heavy (non-hydrogen) atoms. The second-order valence-electron chi connectivity index (χ2n) is 5.56. The zero-order valence-corrected chi connectivity index (χ0v) is 12.1. The Morgan fingerprint density at radius 1 is 1.18 bits per heavy atom. The molecule has 1 aromatic heterocycles. The molecule has 0 aliphatic carbocycles. The number of rotatable bonds is 2. The number of pyridine rings is 1. The maximum Gasteiger partial charge on any atom is 0.272 e. The van der Waals surface area contributed by atoms with Crippen molar-refractivity contribution in [2.75, 3.05) is 19.9 Å². The highest BCUT2D eigenvalue weighted by atomic mass is 16.7. The first-order valence-electron chi connectivity index (χ1n) is 7.41. The number of fused-ring (bicyclic) bond motifs is 1. The molecule has 3 heterocycles. The van der Waals surface area contributed by atoms with E-state index in [-0.39, 0.29) is 12.7 Å². The summed E-state index contributed by atoms with van der Waals surface area (Å²) in [7, 11) is 0. The van der Waals surface area contributed by atoms with E-state index in [9.17, 15) is 4.79 Å². The van der Waals surface area contributed by atoms with Crippen molar-refractivity contribution in [3.05, 3.63) is 53.9 Å². The summed E-state index contributed by atoms with van der Waals surface area (Å²) in [5.41, 5.74) is 1.70. The van der Waals surface area contributed by atoms with Crippen molar-refractivity contribution in [2.45, 2.75) is 12.3 Å². The summed E-state index contributed by atoms with van der Waals surface area (Å²) in [4.78, 5) is 18.4. The number of amides is 1. The van der Waals surface area contributed by atoms with E-state index in [4.69, 9.17) is 9.47 Å². The Morgan fingerprint density at radius 3 is 2.95 bits per heavy atom. The van der Waals surface area contributed by atoms with Crippen LogP contribution in [-0.4, -0.2) is 35.7 Å². The van der Waals surface area contributed by atoms with Crippen LogP contribution in [0.1, 0.15) is 28.4 Å². The molecule has 1 unspecified atom stereocenters. The highest BCUT2D eigenvalue weighted by Gasteiger charge is 2.29. The van der Waals surface area contributed by atoms with Crippen LogP contribution in [-0.2, 0) is 0 Å². The molecule has 1 saturated heterocycles. The Kier molecular flexibility index (Phi) is 3.18. The van der Waals surface area contributed by atoms with Gasteiger partial charge in [0.1, 0.15) is 5.69 Å². The van der Waals surface area contributed by atoms with Crippen LogP contribution in [0, 0.1) is 0 Å². The van der Waals surface area contributed by atoms with Crippen molar-refractivity contribution in [1.82, 2.24) is 9.88 Å². The SMILES string of the molecule is O=C(c1ccccn1)N1CCC(c2ccc3c(c2)OCO3)C1. The maximum absolute atomic E-state index is 12.4. The molecule has 0 bridgehead atoms. The lowest BCUT2D eigenvalue weighted by Crippen LogP contribution is -2.29. The minimum Gasteiger partial charge on any atom is -0.454 e. The highest BCUT2D eigenvalue weighted by Crippen LogP contribution is 2.37. The molecule has 2 aliphatic heterocycles. The molecule has 112 valence electrons. The third-order valence-corrected chi connectivity index (χ3v) is 4.23. The number of benzene rings is 1. The Labute approximate surface area is 128 Å². The van der Waals surface area contributed by atoms with Gasteiger partial charge in [0.05, 0.1) is 0 Å². The molecule has 0 radical (unpaired) electrons. The van der Waals surface area contributed by atoms with Crippen molar-refractivity contribution < 1.29 is 14.3 Å². The fraction of sp³-hybridized carbons (Fsp3) is 0.294. The van der Waals surface area contributed by atoms with Gasteiger partial charge in [-0.2, -0.15) is 0 Å². The van der Waals surface area contributed by atoms with E-state index >= 15 is 0 Å². The van der Waals surface area contributed by atoms with Gasteiger partial charge in [0.2, 0.25) is 6.79 Å². The number of carbonyl (C=O) groups is 1. The average Bonchev–Trinajstić information content (AvgIpc) is 3.23. The van der Waals surface area contributed by atoms with Gasteiger partial charge in [-0.25, -0.2) is 0 Å². The molecule has 0 spiro atoms. The topological polar surface area (TPSA) is 51.7 Å². The molecule has 2 aromatic rings. The lowest BCUT2D eigenvalue weighted by atomic mass is 9.98. The number of hydrogen-bond donors (Lipinski definition) is 0. The monoisotopic (exact) mass is 296 g/mol. The molecule has 5 nitrogen and oxygen atoms in total. The Morgan fingerprint density at radius 2 is 2.09 bits per heavy atom. The molecular formula is C17H16N2O3. The van der Waals surface area contributed by atoms with Crippen LogP contribution in [0.5, 0.6) is 11.5 Å². The molecule has 1 atom stereocenters. The summed E-state index contributed by atoms with van der Waals surface area (Å²) in [6, 6.07) is 11.5. The molecular weight excluding hydrogens is 280 g/mol.